The van der Waals surface area contributed by atoms with E-state index < -0.39 is 0 Å². The van der Waals surface area contributed by atoms with Gasteiger partial charge in [-0.2, -0.15) is 0 Å². The lowest BCUT2D eigenvalue weighted by molar-refractivity contribution is -0.131. The van der Waals surface area contributed by atoms with Crippen LogP contribution in [-0.2, 0) is 11.2 Å². The Morgan fingerprint density at radius 3 is 2.78 bits per heavy atom. The highest BCUT2D eigenvalue weighted by Crippen LogP contribution is 2.24. The van der Waals surface area contributed by atoms with E-state index in [-0.39, 0.29) is 5.91 Å². The van der Waals surface area contributed by atoms with Crippen LogP contribution >= 0.6 is 11.3 Å². The molecule has 118 valence electrons. The number of carbonyl (C=O) groups is 1. The topological polar surface area (TPSA) is 49.6 Å². The Labute approximate surface area is 138 Å². The van der Waals surface area contributed by atoms with Gasteiger partial charge in [0.25, 0.3) is 0 Å². The summed E-state index contributed by atoms with van der Waals surface area (Å²) in [6.07, 6.45) is 2.46. The predicted molar refractivity (Wildman–Crippen MR) is 91.7 cm³/mol. The zero-order chi connectivity index (χ0) is 15.6. The highest BCUT2D eigenvalue weighted by molar-refractivity contribution is 7.15. The van der Waals surface area contributed by atoms with Crippen molar-refractivity contribution in [2.24, 2.45) is 0 Å². The number of nitrogens with one attached hydrogen (secondary N) is 1. The summed E-state index contributed by atoms with van der Waals surface area (Å²) in [4.78, 5) is 20.0. The van der Waals surface area contributed by atoms with Gasteiger partial charge < -0.3 is 10.2 Å². The summed E-state index contributed by atoms with van der Waals surface area (Å²) >= 11 is 1.59. The molecule has 0 atom stereocenters. The van der Waals surface area contributed by atoms with Gasteiger partial charge in [-0.25, -0.2) is 4.98 Å². The second-order valence-corrected chi connectivity index (χ2v) is 6.52. The van der Waals surface area contributed by atoms with Crippen molar-refractivity contribution in [2.75, 3.05) is 26.2 Å². The molecule has 0 aliphatic carbocycles. The highest BCUT2D eigenvalue weighted by Gasteiger charge is 2.18. The maximum absolute atomic E-state index is 12.5. The summed E-state index contributed by atoms with van der Waals surface area (Å²) in [5.74, 6) is 0.196. The molecule has 4 rings (SSSR count). The van der Waals surface area contributed by atoms with E-state index in [2.05, 4.69) is 22.4 Å². The van der Waals surface area contributed by atoms with Crippen molar-refractivity contribution in [2.45, 2.75) is 6.42 Å². The fourth-order valence-electron chi connectivity index (χ4n) is 2.89. The number of carbonyl (C=O) groups excluding carboxylic acids is 1. The molecule has 5 nitrogen and oxygen atoms in total. The second-order valence-electron chi connectivity index (χ2n) is 5.68. The summed E-state index contributed by atoms with van der Waals surface area (Å²) in [7, 11) is 0. The van der Waals surface area contributed by atoms with Crippen LogP contribution in [-0.4, -0.2) is 46.4 Å². The summed E-state index contributed by atoms with van der Waals surface area (Å²) < 4.78 is 2.05. The van der Waals surface area contributed by atoms with Gasteiger partial charge in [0.2, 0.25) is 5.91 Å². The molecular formula is C17H18N4OS. The first-order valence-corrected chi connectivity index (χ1v) is 8.68. The average Bonchev–Trinajstić information content (AvgIpc) is 3.18. The summed E-state index contributed by atoms with van der Waals surface area (Å²) in [6.45, 7) is 3.36. The van der Waals surface area contributed by atoms with Crippen LogP contribution in [0.15, 0.2) is 41.9 Å². The normalized spacial score (nSPS) is 15.2. The average molecular weight is 326 g/mol. The molecule has 6 heteroatoms. The van der Waals surface area contributed by atoms with E-state index in [9.17, 15) is 4.79 Å². The van der Waals surface area contributed by atoms with Crippen LogP contribution < -0.4 is 5.32 Å². The second kappa shape index (κ2) is 6.14. The predicted octanol–water partition coefficient (Wildman–Crippen LogP) is 2.04. The van der Waals surface area contributed by atoms with Crippen LogP contribution in [0.1, 0.15) is 5.69 Å². The van der Waals surface area contributed by atoms with E-state index in [4.69, 9.17) is 0 Å². The minimum absolute atomic E-state index is 0.196. The number of hydrogen-bond donors (Lipinski definition) is 1. The Morgan fingerprint density at radius 1 is 1.22 bits per heavy atom. The van der Waals surface area contributed by atoms with Gasteiger partial charge in [-0.15, -0.1) is 11.3 Å². The van der Waals surface area contributed by atoms with Crippen LogP contribution in [0.4, 0.5) is 0 Å². The quantitative estimate of drug-likeness (QED) is 0.801. The molecule has 0 bridgehead atoms. The van der Waals surface area contributed by atoms with Crippen molar-refractivity contribution in [3.63, 3.8) is 0 Å². The lowest BCUT2D eigenvalue weighted by atomic mass is 10.2. The number of benzene rings is 1. The summed E-state index contributed by atoms with van der Waals surface area (Å²) in [6, 6.07) is 10.1. The smallest absolute Gasteiger partial charge is 0.228 e. The van der Waals surface area contributed by atoms with E-state index in [0.29, 0.717) is 6.42 Å². The fraction of sp³-hybridized carbons (Fsp3) is 0.294. The van der Waals surface area contributed by atoms with E-state index in [0.717, 1.165) is 48.1 Å². The molecule has 3 heterocycles. The molecule has 0 radical (unpaired) electrons. The van der Waals surface area contributed by atoms with Gasteiger partial charge in [-0.3, -0.25) is 9.20 Å². The number of hydrogen-bond acceptors (Lipinski definition) is 4. The molecule has 0 spiro atoms. The van der Waals surface area contributed by atoms with Crippen molar-refractivity contribution in [3.8, 4) is 11.3 Å². The molecule has 1 aromatic carbocycles. The molecule has 1 fully saturated rings. The van der Waals surface area contributed by atoms with E-state index in [1.807, 2.05) is 39.1 Å². The largest absolute Gasteiger partial charge is 0.340 e. The molecule has 1 aliphatic rings. The number of aromatic nitrogens is 2. The van der Waals surface area contributed by atoms with Crippen molar-refractivity contribution < 1.29 is 4.79 Å². The van der Waals surface area contributed by atoms with Crippen LogP contribution in [0, 0.1) is 0 Å². The Bertz CT molecular complexity index is 818. The molecular weight excluding hydrogens is 308 g/mol. The number of imidazole rings is 1. The van der Waals surface area contributed by atoms with Gasteiger partial charge in [-0.1, -0.05) is 30.3 Å². The number of amides is 1. The SMILES string of the molecule is O=C(Cc1csc2nc(-c3ccccc3)cn12)N1CCNCC1. The third kappa shape index (κ3) is 2.87. The van der Waals surface area contributed by atoms with E-state index in [1.165, 1.54) is 0 Å². The Balaban J connectivity index is 1.58. The summed E-state index contributed by atoms with van der Waals surface area (Å²) in [5.41, 5.74) is 3.07. The Hall–Kier alpha value is -2.18. The Kier molecular flexibility index (Phi) is 3.85. The maximum Gasteiger partial charge on any atom is 0.228 e. The minimum atomic E-state index is 0.196. The lowest BCUT2D eigenvalue weighted by Crippen LogP contribution is -2.47. The molecule has 1 aliphatic heterocycles. The van der Waals surface area contributed by atoms with Crippen molar-refractivity contribution in [1.29, 1.82) is 0 Å². The number of piperazine rings is 1. The standard InChI is InChI=1S/C17H18N4OS/c22-16(20-8-6-18-7-9-20)10-14-12-23-17-19-15(11-21(14)17)13-4-2-1-3-5-13/h1-5,11-12,18H,6-10H2. The minimum Gasteiger partial charge on any atom is -0.340 e. The molecule has 1 N–H and O–H groups in total. The third-order valence-electron chi connectivity index (χ3n) is 4.15. The van der Waals surface area contributed by atoms with Crippen LogP contribution in [0.3, 0.4) is 0 Å². The molecule has 1 amide bonds. The first kappa shape index (κ1) is 14.4. The van der Waals surface area contributed by atoms with Crippen LogP contribution in [0.5, 0.6) is 0 Å². The van der Waals surface area contributed by atoms with Crippen molar-refractivity contribution in [3.05, 3.63) is 47.6 Å². The van der Waals surface area contributed by atoms with Gasteiger partial charge in [0.1, 0.15) is 0 Å². The van der Waals surface area contributed by atoms with Gasteiger partial charge in [0.05, 0.1) is 12.1 Å². The molecule has 0 saturated carbocycles. The number of rotatable bonds is 3. The fourth-order valence-corrected chi connectivity index (χ4v) is 3.76. The molecule has 23 heavy (non-hydrogen) atoms. The van der Waals surface area contributed by atoms with E-state index in [1.54, 1.807) is 11.3 Å². The van der Waals surface area contributed by atoms with Gasteiger partial charge in [0.15, 0.2) is 4.96 Å². The number of fused-ring (bicyclic) bond motifs is 1. The van der Waals surface area contributed by atoms with Gasteiger partial charge in [-0.05, 0) is 0 Å². The Morgan fingerprint density at radius 2 is 2.00 bits per heavy atom. The molecule has 3 aromatic rings. The first-order chi connectivity index (χ1) is 11.3. The molecule has 0 unspecified atom stereocenters. The van der Waals surface area contributed by atoms with E-state index >= 15 is 0 Å². The molecule has 2 aromatic heterocycles. The van der Waals surface area contributed by atoms with Gasteiger partial charge >= 0.3 is 0 Å². The van der Waals surface area contributed by atoms with Crippen molar-refractivity contribution >= 4 is 22.2 Å². The monoisotopic (exact) mass is 326 g/mol. The third-order valence-corrected chi connectivity index (χ3v) is 5.04. The number of thiazole rings is 1. The van der Waals surface area contributed by atoms with Crippen LogP contribution in [0.25, 0.3) is 16.2 Å². The highest BCUT2D eigenvalue weighted by atomic mass is 32.1. The number of nitrogens with zero attached hydrogens (tertiary/aromatic N) is 3. The zero-order valence-corrected chi connectivity index (χ0v) is 13.6. The lowest BCUT2D eigenvalue weighted by Gasteiger charge is -2.27. The maximum atomic E-state index is 12.5. The van der Waals surface area contributed by atoms with Crippen molar-refractivity contribution in [1.82, 2.24) is 19.6 Å². The van der Waals surface area contributed by atoms with Crippen LogP contribution in [0.2, 0.25) is 0 Å². The zero-order valence-electron chi connectivity index (χ0n) is 12.7. The van der Waals surface area contributed by atoms with Gasteiger partial charge in [0, 0.05) is 49.0 Å². The summed E-state index contributed by atoms with van der Waals surface area (Å²) in [5, 5.41) is 5.31. The first-order valence-electron chi connectivity index (χ1n) is 7.80. The molecule has 1 saturated heterocycles.